The smallest absolute Gasteiger partial charge is 0.125 e. The Balaban J connectivity index is 2.08. The van der Waals surface area contributed by atoms with Gasteiger partial charge in [0.15, 0.2) is 0 Å². The molecule has 2 aromatic rings. The van der Waals surface area contributed by atoms with E-state index in [1.54, 1.807) is 18.2 Å². The van der Waals surface area contributed by atoms with Crippen LogP contribution in [-0.4, -0.2) is 25.0 Å². The van der Waals surface area contributed by atoms with E-state index >= 15 is 0 Å². The minimum atomic E-state index is -0.260. The largest absolute Gasteiger partial charge is 0.340 e. The van der Waals surface area contributed by atoms with E-state index in [1.165, 1.54) is 18.2 Å². The molecule has 1 aliphatic rings. The van der Waals surface area contributed by atoms with Crippen LogP contribution in [0.3, 0.4) is 0 Å². The number of halogens is 2. The zero-order valence-corrected chi connectivity index (χ0v) is 11.3. The van der Waals surface area contributed by atoms with Crippen LogP contribution in [0.25, 0.3) is 0 Å². The van der Waals surface area contributed by atoms with Gasteiger partial charge in [-0.1, -0.05) is 6.07 Å². The van der Waals surface area contributed by atoms with Crippen molar-refractivity contribution in [1.29, 1.82) is 0 Å². The van der Waals surface area contributed by atoms with Gasteiger partial charge < -0.3 is 9.80 Å². The van der Waals surface area contributed by atoms with Crippen molar-refractivity contribution >= 4 is 11.4 Å². The van der Waals surface area contributed by atoms with Gasteiger partial charge in [-0.2, -0.15) is 0 Å². The number of anilines is 2. The van der Waals surface area contributed by atoms with Gasteiger partial charge in [0.05, 0.1) is 0 Å². The molecule has 1 heterocycles. The summed E-state index contributed by atoms with van der Waals surface area (Å²) < 4.78 is 26.9. The average Bonchev–Trinajstić information content (AvgIpc) is 2.56. The molecule has 2 aromatic carbocycles. The maximum Gasteiger partial charge on any atom is 0.125 e. The van der Waals surface area contributed by atoms with Crippen molar-refractivity contribution in [2.75, 3.05) is 25.0 Å². The van der Waals surface area contributed by atoms with Gasteiger partial charge >= 0.3 is 0 Å². The Kier molecular flexibility index (Phi) is 3.40. The maximum atomic E-state index is 13.5. The summed E-state index contributed by atoms with van der Waals surface area (Å²) in [5, 5.41) is 0. The van der Waals surface area contributed by atoms with Gasteiger partial charge in [0.25, 0.3) is 0 Å². The van der Waals surface area contributed by atoms with E-state index in [0.717, 1.165) is 30.0 Å². The van der Waals surface area contributed by atoms with E-state index in [1.807, 2.05) is 18.0 Å². The Bertz CT molecular complexity index is 628. The highest BCUT2D eigenvalue weighted by molar-refractivity contribution is 5.67. The van der Waals surface area contributed by atoms with Gasteiger partial charge in [0.2, 0.25) is 0 Å². The molecule has 0 fully saturated rings. The summed E-state index contributed by atoms with van der Waals surface area (Å²) >= 11 is 0. The molecule has 1 aliphatic heterocycles. The molecule has 0 radical (unpaired) electrons. The molecule has 104 valence electrons. The van der Waals surface area contributed by atoms with E-state index in [2.05, 4.69) is 4.90 Å². The molecule has 0 spiro atoms. The zero-order chi connectivity index (χ0) is 14.1. The Hall–Kier alpha value is -1.94. The maximum absolute atomic E-state index is 13.5. The normalized spacial score (nSPS) is 15.8. The van der Waals surface area contributed by atoms with Crippen molar-refractivity contribution in [2.45, 2.75) is 6.54 Å². The Morgan fingerprint density at radius 2 is 1.75 bits per heavy atom. The number of nitrogens with zero attached hydrogens (tertiary/aromatic N) is 2. The van der Waals surface area contributed by atoms with Gasteiger partial charge in [-0.3, -0.25) is 0 Å². The van der Waals surface area contributed by atoms with Crippen molar-refractivity contribution in [1.82, 2.24) is 4.90 Å². The summed E-state index contributed by atoms with van der Waals surface area (Å²) in [6, 6.07) is 11.3. The molecular formula is C16H16F2N2. The fourth-order valence-corrected chi connectivity index (χ4v) is 2.62. The lowest BCUT2D eigenvalue weighted by Gasteiger charge is -2.25. The van der Waals surface area contributed by atoms with Gasteiger partial charge in [0.1, 0.15) is 11.6 Å². The number of rotatable bonds is 1. The van der Waals surface area contributed by atoms with Crippen LogP contribution in [0.2, 0.25) is 0 Å². The summed E-state index contributed by atoms with van der Waals surface area (Å²) in [7, 11) is 2.00. The van der Waals surface area contributed by atoms with Crippen LogP contribution in [0.1, 0.15) is 5.56 Å². The first kappa shape index (κ1) is 13.1. The van der Waals surface area contributed by atoms with Crippen LogP contribution in [0.4, 0.5) is 20.2 Å². The van der Waals surface area contributed by atoms with E-state index in [0.29, 0.717) is 6.54 Å². The molecule has 0 saturated carbocycles. The molecular weight excluding hydrogens is 258 g/mol. The number of hydrogen-bond donors (Lipinski definition) is 0. The third-order valence-electron chi connectivity index (χ3n) is 3.60. The van der Waals surface area contributed by atoms with Crippen molar-refractivity contribution in [3.8, 4) is 0 Å². The second-order valence-electron chi connectivity index (χ2n) is 5.14. The Morgan fingerprint density at radius 1 is 0.950 bits per heavy atom. The standard InChI is InChI=1S/C16H16F2N2/c1-19-7-8-20(15-4-2-3-13(17)10-15)16-6-5-14(18)9-12(16)11-19/h2-6,9-10H,7-8,11H2,1H3. The quantitative estimate of drug-likeness (QED) is 0.784. The van der Waals surface area contributed by atoms with E-state index in [4.69, 9.17) is 0 Å². The first-order valence-electron chi connectivity index (χ1n) is 6.63. The van der Waals surface area contributed by atoms with Gasteiger partial charge in [-0.15, -0.1) is 0 Å². The summed E-state index contributed by atoms with van der Waals surface area (Å²) in [6.07, 6.45) is 0. The lowest BCUT2D eigenvalue weighted by Crippen LogP contribution is -2.26. The van der Waals surface area contributed by atoms with Gasteiger partial charge in [-0.25, -0.2) is 8.78 Å². The van der Waals surface area contributed by atoms with Crippen molar-refractivity contribution in [3.63, 3.8) is 0 Å². The van der Waals surface area contributed by atoms with Crippen molar-refractivity contribution in [3.05, 3.63) is 59.7 Å². The highest BCUT2D eigenvalue weighted by Gasteiger charge is 2.19. The first-order chi connectivity index (χ1) is 9.63. The summed E-state index contributed by atoms with van der Waals surface area (Å²) in [6.45, 7) is 2.28. The van der Waals surface area contributed by atoms with Crippen LogP contribution in [0.5, 0.6) is 0 Å². The van der Waals surface area contributed by atoms with Crippen molar-refractivity contribution in [2.24, 2.45) is 0 Å². The van der Waals surface area contributed by atoms with Crippen LogP contribution in [0.15, 0.2) is 42.5 Å². The monoisotopic (exact) mass is 274 g/mol. The number of fused-ring (bicyclic) bond motifs is 1. The fourth-order valence-electron chi connectivity index (χ4n) is 2.62. The molecule has 0 aliphatic carbocycles. The van der Waals surface area contributed by atoms with Crippen LogP contribution < -0.4 is 4.90 Å². The molecule has 0 atom stereocenters. The molecule has 0 saturated heterocycles. The third-order valence-corrected chi connectivity index (χ3v) is 3.60. The minimum absolute atomic E-state index is 0.238. The Labute approximate surface area is 117 Å². The van der Waals surface area contributed by atoms with Crippen LogP contribution in [0, 0.1) is 11.6 Å². The molecule has 4 heteroatoms. The molecule has 0 unspecified atom stereocenters. The topological polar surface area (TPSA) is 6.48 Å². The van der Waals surface area contributed by atoms with E-state index < -0.39 is 0 Å². The molecule has 3 rings (SSSR count). The van der Waals surface area contributed by atoms with E-state index in [-0.39, 0.29) is 11.6 Å². The van der Waals surface area contributed by atoms with Gasteiger partial charge in [0, 0.05) is 31.0 Å². The molecule has 0 bridgehead atoms. The summed E-state index contributed by atoms with van der Waals surface area (Å²) in [5.41, 5.74) is 2.67. The summed E-state index contributed by atoms with van der Waals surface area (Å²) in [4.78, 5) is 4.18. The molecule has 0 aromatic heterocycles. The number of hydrogen-bond acceptors (Lipinski definition) is 2. The second-order valence-corrected chi connectivity index (χ2v) is 5.14. The Morgan fingerprint density at radius 3 is 2.55 bits per heavy atom. The van der Waals surface area contributed by atoms with E-state index in [9.17, 15) is 8.78 Å². The molecule has 20 heavy (non-hydrogen) atoms. The fraction of sp³-hybridized carbons (Fsp3) is 0.250. The third kappa shape index (κ3) is 2.51. The summed E-state index contributed by atoms with van der Waals surface area (Å²) in [5.74, 6) is -0.498. The van der Waals surface area contributed by atoms with Crippen molar-refractivity contribution < 1.29 is 8.78 Å². The molecule has 0 N–H and O–H groups in total. The number of benzene rings is 2. The molecule has 0 amide bonds. The van der Waals surface area contributed by atoms with Crippen LogP contribution in [-0.2, 0) is 6.54 Å². The first-order valence-corrected chi connectivity index (χ1v) is 6.63. The lowest BCUT2D eigenvalue weighted by atomic mass is 10.1. The van der Waals surface area contributed by atoms with Gasteiger partial charge in [-0.05, 0) is 49.0 Å². The predicted octanol–water partition coefficient (Wildman–Crippen LogP) is 3.55. The minimum Gasteiger partial charge on any atom is -0.340 e. The molecule has 2 nitrogen and oxygen atoms in total. The number of likely N-dealkylation sites (N-methyl/N-ethyl adjacent to an activating group) is 1. The predicted molar refractivity (Wildman–Crippen MR) is 76.1 cm³/mol. The zero-order valence-electron chi connectivity index (χ0n) is 11.3. The average molecular weight is 274 g/mol. The second kappa shape index (κ2) is 5.21. The lowest BCUT2D eigenvalue weighted by molar-refractivity contribution is 0.343. The highest BCUT2D eigenvalue weighted by atomic mass is 19.1. The SMILES string of the molecule is CN1CCN(c2cccc(F)c2)c2ccc(F)cc2C1. The highest BCUT2D eigenvalue weighted by Crippen LogP contribution is 2.32. The van der Waals surface area contributed by atoms with Crippen LogP contribution >= 0.6 is 0 Å².